The smallest absolute Gasteiger partial charge is 0.271 e. The molecule has 2 amide bonds. The van der Waals surface area contributed by atoms with Crippen LogP contribution in [0, 0.1) is 0 Å². The Morgan fingerprint density at radius 2 is 1.85 bits per heavy atom. The van der Waals surface area contributed by atoms with Gasteiger partial charge in [0.15, 0.2) is 0 Å². The molecule has 0 atom stereocenters. The van der Waals surface area contributed by atoms with E-state index < -0.39 is 0 Å². The molecule has 0 saturated heterocycles. The van der Waals surface area contributed by atoms with Crippen molar-refractivity contribution in [2.75, 3.05) is 11.9 Å². The zero-order valence-electron chi connectivity index (χ0n) is 14.1. The molecule has 2 N–H and O–H groups in total. The molecule has 0 spiro atoms. The monoisotopic (exact) mass is 377 g/mol. The molecule has 2 aromatic heterocycles. The van der Waals surface area contributed by atoms with Crippen LogP contribution in [0.5, 0.6) is 0 Å². The van der Waals surface area contributed by atoms with Crippen LogP contribution in [0.2, 0.25) is 0 Å². The van der Waals surface area contributed by atoms with Crippen LogP contribution >= 0.6 is 11.3 Å². The number of thiazole rings is 1. The van der Waals surface area contributed by atoms with Gasteiger partial charge in [-0.2, -0.15) is 0 Å². The molecule has 0 unspecified atom stereocenters. The number of benzene rings is 2. The summed E-state index contributed by atoms with van der Waals surface area (Å²) in [5.41, 5.74) is 5.41. The first kappa shape index (κ1) is 16.9. The lowest BCUT2D eigenvalue weighted by Crippen LogP contribution is -2.33. The number of hydrogen-bond donors (Lipinski definition) is 2. The Labute approximate surface area is 158 Å². The predicted octanol–water partition coefficient (Wildman–Crippen LogP) is 2.85. The van der Waals surface area contributed by atoms with E-state index in [2.05, 4.69) is 20.6 Å². The van der Waals surface area contributed by atoms with Crippen LogP contribution in [0.25, 0.3) is 16.7 Å². The van der Waals surface area contributed by atoms with Crippen molar-refractivity contribution in [2.45, 2.75) is 0 Å². The number of carbonyl (C=O) groups excluding carboxylic acids is 2. The quantitative estimate of drug-likeness (QED) is 0.560. The van der Waals surface area contributed by atoms with Gasteiger partial charge in [0.05, 0.1) is 23.1 Å². The minimum absolute atomic E-state index is 0.121. The number of nitrogens with one attached hydrogen (secondary N) is 2. The number of rotatable bonds is 5. The van der Waals surface area contributed by atoms with Gasteiger partial charge in [0, 0.05) is 16.8 Å². The summed E-state index contributed by atoms with van der Waals surface area (Å²) in [7, 11) is 0. The number of aromatic nitrogens is 3. The zero-order valence-corrected chi connectivity index (χ0v) is 14.9. The van der Waals surface area contributed by atoms with Crippen molar-refractivity contribution >= 4 is 39.9 Å². The second kappa shape index (κ2) is 7.38. The molecule has 0 aliphatic rings. The van der Waals surface area contributed by atoms with E-state index in [0.29, 0.717) is 11.4 Å². The maximum Gasteiger partial charge on any atom is 0.271 e. The van der Waals surface area contributed by atoms with Gasteiger partial charge in [-0.25, -0.2) is 9.97 Å². The van der Waals surface area contributed by atoms with Crippen molar-refractivity contribution in [3.63, 3.8) is 0 Å². The van der Waals surface area contributed by atoms with Gasteiger partial charge in [-0.15, -0.1) is 11.3 Å². The van der Waals surface area contributed by atoms with Gasteiger partial charge in [0.25, 0.3) is 5.91 Å². The molecular weight excluding hydrogens is 362 g/mol. The highest BCUT2D eigenvalue weighted by Gasteiger charge is 2.10. The lowest BCUT2D eigenvalue weighted by molar-refractivity contribution is -0.115. The molecule has 0 bridgehead atoms. The van der Waals surface area contributed by atoms with Crippen molar-refractivity contribution < 1.29 is 9.59 Å². The molecule has 4 aromatic rings. The Balaban J connectivity index is 1.39. The fourth-order valence-electron chi connectivity index (χ4n) is 2.65. The second-order valence-corrected chi connectivity index (χ2v) is 6.47. The molecular formula is C19H15N5O2S. The first-order valence-corrected chi connectivity index (χ1v) is 9.14. The van der Waals surface area contributed by atoms with Gasteiger partial charge in [-0.1, -0.05) is 12.1 Å². The fourth-order valence-corrected chi connectivity index (χ4v) is 3.18. The standard InChI is InChI=1S/C19H15N5O2S/c25-18(9-20-19(26)16-10-27-12-22-16)23-13-5-7-14(8-6-13)24-11-21-15-3-1-2-4-17(15)24/h1-8,10-12H,9H2,(H,20,26)(H,23,25). The predicted molar refractivity (Wildman–Crippen MR) is 104 cm³/mol. The average Bonchev–Trinajstić information content (AvgIpc) is 3.37. The number of imidazole rings is 1. The maximum atomic E-state index is 12.0. The highest BCUT2D eigenvalue weighted by molar-refractivity contribution is 7.07. The molecule has 7 nitrogen and oxygen atoms in total. The van der Waals surface area contributed by atoms with E-state index in [4.69, 9.17) is 0 Å². The van der Waals surface area contributed by atoms with Crippen LogP contribution in [0.15, 0.2) is 65.7 Å². The molecule has 4 rings (SSSR count). The van der Waals surface area contributed by atoms with E-state index in [1.54, 1.807) is 17.2 Å². The number of fused-ring (bicyclic) bond motifs is 1. The third-order valence-corrected chi connectivity index (χ3v) is 4.54. The highest BCUT2D eigenvalue weighted by atomic mass is 32.1. The van der Waals surface area contributed by atoms with Crippen LogP contribution in [-0.4, -0.2) is 32.9 Å². The highest BCUT2D eigenvalue weighted by Crippen LogP contribution is 2.19. The molecule has 2 aromatic carbocycles. The van der Waals surface area contributed by atoms with Crippen molar-refractivity contribution in [3.8, 4) is 5.69 Å². The second-order valence-electron chi connectivity index (χ2n) is 5.75. The summed E-state index contributed by atoms with van der Waals surface area (Å²) in [6.07, 6.45) is 1.77. The Kier molecular flexibility index (Phi) is 4.63. The van der Waals surface area contributed by atoms with Crippen LogP contribution in [0.4, 0.5) is 5.69 Å². The summed E-state index contributed by atoms with van der Waals surface area (Å²) in [5, 5.41) is 6.93. The maximum absolute atomic E-state index is 12.0. The largest absolute Gasteiger partial charge is 0.342 e. The molecule has 27 heavy (non-hydrogen) atoms. The molecule has 0 radical (unpaired) electrons. The number of anilines is 1. The number of hydrogen-bond acceptors (Lipinski definition) is 5. The SMILES string of the molecule is O=C(CNC(=O)c1cscn1)Nc1ccc(-n2cnc3ccccc32)cc1. The Morgan fingerprint density at radius 3 is 2.63 bits per heavy atom. The molecule has 0 aliphatic carbocycles. The normalized spacial score (nSPS) is 10.7. The Morgan fingerprint density at radius 1 is 1.04 bits per heavy atom. The third kappa shape index (κ3) is 3.70. The minimum atomic E-state index is -0.367. The summed E-state index contributed by atoms with van der Waals surface area (Å²) in [6, 6.07) is 15.3. The first-order chi connectivity index (χ1) is 13.2. The molecule has 8 heteroatoms. The van der Waals surface area contributed by atoms with Crippen molar-refractivity contribution in [1.82, 2.24) is 19.9 Å². The minimum Gasteiger partial charge on any atom is -0.342 e. The summed E-state index contributed by atoms with van der Waals surface area (Å²) >= 11 is 1.33. The Hall–Kier alpha value is -3.52. The molecule has 134 valence electrons. The molecule has 2 heterocycles. The van der Waals surface area contributed by atoms with E-state index in [-0.39, 0.29) is 18.4 Å². The van der Waals surface area contributed by atoms with Crippen LogP contribution < -0.4 is 10.6 Å². The van der Waals surface area contributed by atoms with Gasteiger partial charge in [-0.05, 0) is 36.4 Å². The van der Waals surface area contributed by atoms with E-state index in [0.717, 1.165) is 16.7 Å². The number of amides is 2. The zero-order chi connectivity index (χ0) is 18.6. The summed E-state index contributed by atoms with van der Waals surface area (Å²) in [4.78, 5) is 32.1. The lowest BCUT2D eigenvalue weighted by Gasteiger charge is -2.08. The molecule has 0 aliphatic heterocycles. The van der Waals surface area contributed by atoms with Crippen LogP contribution in [0.1, 0.15) is 10.5 Å². The third-order valence-electron chi connectivity index (χ3n) is 3.96. The first-order valence-electron chi connectivity index (χ1n) is 8.19. The van der Waals surface area contributed by atoms with Crippen molar-refractivity contribution in [2.24, 2.45) is 0 Å². The summed E-state index contributed by atoms with van der Waals surface area (Å²) in [5.74, 6) is -0.673. The number of nitrogens with zero attached hydrogens (tertiary/aromatic N) is 3. The van der Waals surface area contributed by atoms with Gasteiger partial charge >= 0.3 is 0 Å². The number of carbonyl (C=O) groups is 2. The van der Waals surface area contributed by atoms with E-state index in [9.17, 15) is 9.59 Å². The van der Waals surface area contributed by atoms with Crippen LogP contribution in [0.3, 0.4) is 0 Å². The van der Waals surface area contributed by atoms with Gasteiger partial charge in [0.1, 0.15) is 12.0 Å². The molecule has 0 fully saturated rings. The number of para-hydroxylation sites is 2. The fraction of sp³-hybridized carbons (Fsp3) is 0.0526. The average molecular weight is 377 g/mol. The van der Waals surface area contributed by atoms with E-state index in [1.165, 1.54) is 11.3 Å². The van der Waals surface area contributed by atoms with Crippen molar-refractivity contribution in [1.29, 1.82) is 0 Å². The van der Waals surface area contributed by atoms with E-state index >= 15 is 0 Å². The van der Waals surface area contributed by atoms with Crippen LogP contribution in [-0.2, 0) is 4.79 Å². The van der Waals surface area contributed by atoms with Gasteiger partial charge in [-0.3, -0.25) is 14.2 Å². The van der Waals surface area contributed by atoms with Gasteiger partial charge in [0.2, 0.25) is 5.91 Å². The summed E-state index contributed by atoms with van der Waals surface area (Å²) < 4.78 is 1.98. The lowest BCUT2D eigenvalue weighted by atomic mass is 10.2. The molecule has 0 saturated carbocycles. The summed E-state index contributed by atoms with van der Waals surface area (Å²) in [6.45, 7) is -0.121. The van der Waals surface area contributed by atoms with E-state index in [1.807, 2.05) is 53.1 Å². The van der Waals surface area contributed by atoms with Crippen molar-refractivity contribution in [3.05, 3.63) is 71.4 Å². The van der Waals surface area contributed by atoms with Gasteiger partial charge < -0.3 is 10.6 Å². The topological polar surface area (TPSA) is 88.9 Å². The Bertz CT molecular complexity index is 1090.